The summed E-state index contributed by atoms with van der Waals surface area (Å²) in [5.41, 5.74) is 0.724. The molecule has 0 spiro atoms. The van der Waals surface area contributed by atoms with Crippen LogP contribution in [0.2, 0.25) is 5.02 Å². The largest absolute Gasteiger partial charge is 0.443 e. The maximum absolute atomic E-state index is 14.7. The molecule has 32 heavy (non-hydrogen) atoms. The molecule has 0 aliphatic carbocycles. The molecular formula is C20H20ClF2N3O5S. The Bertz CT molecular complexity index is 1130. The third kappa shape index (κ3) is 4.80. The van der Waals surface area contributed by atoms with Gasteiger partial charge in [0.25, 0.3) is 0 Å². The van der Waals surface area contributed by atoms with Crippen LogP contribution in [0.15, 0.2) is 41.3 Å². The van der Waals surface area contributed by atoms with E-state index < -0.39 is 33.9 Å². The molecule has 0 bridgehead atoms. The first kappa shape index (κ1) is 22.7. The molecule has 2 aliphatic heterocycles. The van der Waals surface area contributed by atoms with Gasteiger partial charge in [0.15, 0.2) is 0 Å². The molecule has 0 saturated carbocycles. The summed E-state index contributed by atoms with van der Waals surface area (Å²) in [7, 11) is -4.05. The molecule has 2 aromatic carbocycles. The average molecular weight is 488 g/mol. The third-order valence-corrected chi connectivity index (χ3v) is 7.06. The molecule has 0 aromatic heterocycles. The lowest BCUT2D eigenvalue weighted by Gasteiger charge is -2.29. The molecular weight excluding hydrogens is 468 g/mol. The summed E-state index contributed by atoms with van der Waals surface area (Å²) in [6.07, 6.45) is -1.52. The first-order chi connectivity index (χ1) is 15.2. The SMILES string of the molecule is O=C1O[C@@H](CNS(=O)(=O)c2ccc(F)cc2Cl)CN1c1ccc(N2CCOCC2)c(F)c1. The Balaban J connectivity index is 1.41. The summed E-state index contributed by atoms with van der Waals surface area (Å²) >= 11 is 5.82. The van der Waals surface area contributed by atoms with Crippen molar-refractivity contribution in [3.8, 4) is 0 Å². The number of hydrogen-bond acceptors (Lipinski definition) is 6. The lowest BCUT2D eigenvalue weighted by atomic mass is 10.2. The van der Waals surface area contributed by atoms with E-state index in [1.165, 1.54) is 11.0 Å². The van der Waals surface area contributed by atoms with E-state index in [1.807, 2.05) is 4.90 Å². The van der Waals surface area contributed by atoms with Crippen LogP contribution in [0, 0.1) is 11.6 Å². The van der Waals surface area contributed by atoms with Gasteiger partial charge in [-0.25, -0.2) is 26.7 Å². The van der Waals surface area contributed by atoms with E-state index in [0.717, 1.165) is 18.2 Å². The zero-order chi connectivity index (χ0) is 22.9. The zero-order valence-electron chi connectivity index (χ0n) is 16.8. The number of benzene rings is 2. The van der Waals surface area contributed by atoms with Gasteiger partial charge in [0.2, 0.25) is 10.0 Å². The number of morpholine rings is 1. The van der Waals surface area contributed by atoms with Gasteiger partial charge in [0.1, 0.15) is 22.6 Å². The number of carbonyl (C=O) groups excluding carboxylic acids is 1. The second kappa shape index (κ2) is 9.18. The van der Waals surface area contributed by atoms with Crippen molar-refractivity contribution < 1.29 is 31.5 Å². The first-order valence-electron chi connectivity index (χ1n) is 9.80. The molecule has 1 atom stereocenters. The summed E-state index contributed by atoms with van der Waals surface area (Å²) < 4.78 is 65.5. The average Bonchev–Trinajstić information content (AvgIpc) is 3.13. The molecule has 2 heterocycles. The van der Waals surface area contributed by atoms with Crippen LogP contribution in [0.3, 0.4) is 0 Å². The van der Waals surface area contributed by atoms with Crippen molar-refractivity contribution in [2.24, 2.45) is 0 Å². The maximum Gasteiger partial charge on any atom is 0.414 e. The lowest BCUT2D eigenvalue weighted by Crippen LogP contribution is -2.37. The number of halogens is 3. The quantitative estimate of drug-likeness (QED) is 0.674. The van der Waals surface area contributed by atoms with Crippen LogP contribution in [0.5, 0.6) is 0 Å². The van der Waals surface area contributed by atoms with E-state index in [9.17, 15) is 22.0 Å². The molecule has 0 radical (unpaired) electrons. The number of rotatable bonds is 6. The number of cyclic esters (lactones) is 1. The van der Waals surface area contributed by atoms with Crippen LogP contribution >= 0.6 is 11.6 Å². The number of carbonyl (C=O) groups is 1. The van der Waals surface area contributed by atoms with Gasteiger partial charge in [0, 0.05) is 19.6 Å². The van der Waals surface area contributed by atoms with Gasteiger partial charge < -0.3 is 14.4 Å². The topological polar surface area (TPSA) is 88.2 Å². The fraction of sp³-hybridized carbons (Fsp3) is 0.350. The van der Waals surface area contributed by atoms with Crippen molar-refractivity contribution in [2.45, 2.75) is 11.0 Å². The molecule has 2 aliphatic rings. The fourth-order valence-corrected chi connectivity index (χ4v) is 5.13. The smallest absolute Gasteiger partial charge is 0.414 e. The van der Waals surface area contributed by atoms with E-state index in [2.05, 4.69) is 4.72 Å². The Labute approximate surface area is 188 Å². The molecule has 0 unspecified atom stereocenters. The molecule has 8 nitrogen and oxygen atoms in total. The Morgan fingerprint density at radius 2 is 1.88 bits per heavy atom. The number of nitrogens with one attached hydrogen (secondary N) is 1. The Kier molecular flexibility index (Phi) is 6.52. The van der Waals surface area contributed by atoms with Crippen molar-refractivity contribution in [3.05, 3.63) is 53.1 Å². The molecule has 2 fully saturated rings. The number of ether oxygens (including phenoxy) is 2. The van der Waals surface area contributed by atoms with E-state index in [4.69, 9.17) is 21.1 Å². The highest BCUT2D eigenvalue weighted by Crippen LogP contribution is 2.28. The van der Waals surface area contributed by atoms with Gasteiger partial charge >= 0.3 is 6.09 Å². The van der Waals surface area contributed by atoms with E-state index >= 15 is 0 Å². The monoisotopic (exact) mass is 487 g/mol. The van der Waals surface area contributed by atoms with Crippen molar-refractivity contribution in [2.75, 3.05) is 49.2 Å². The van der Waals surface area contributed by atoms with Crippen molar-refractivity contribution in [3.63, 3.8) is 0 Å². The van der Waals surface area contributed by atoms with Crippen LogP contribution in [-0.2, 0) is 19.5 Å². The summed E-state index contributed by atoms with van der Waals surface area (Å²) in [6, 6.07) is 7.37. The summed E-state index contributed by atoms with van der Waals surface area (Å²) in [4.78, 5) is 15.1. The number of hydrogen-bond donors (Lipinski definition) is 1. The molecule has 4 rings (SSSR count). The minimum atomic E-state index is -4.05. The predicted octanol–water partition coefficient (Wildman–Crippen LogP) is 2.76. The van der Waals surface area contributed by atoms with Crippen LogP contribution < -0.4 is 14.5 Å². The minimum Gasteiger partial charge on any atom is -0.443 e. The standard InChI is InChI=1S/C20H20ClF2N3O5S/c21-16-9-13(22)1-4-19(16)32(28,29)24-11-15-12-26(20(27)31-15)14-2-3-18(17(23)10-14)25-5-7-30-8-6-25/h1-4,9-10,15,24H,5-8,11-12H2/t15-/m0/s1. The number of sulfonamides is 1. The minimum absolute atomic E-state index is 0.0227. The Morgan fingerprint density at radius 3 is 2.56 bits per heavy atom. The normalized spacial score (nSPS) is 19.3. The highest BCUT2D eigenvalue weighted by atomic mass is 35.5. The third-order valence-electron chi connectivity index (χ3n) is 5.15. The zero-order valence-corrected chi connectivity index (χ0v) is 18.3. The highest BCUT2D eigenvalue weighted by molar-refractivity contribution is 7.89. The Morgan fingerprint density at radius 1 is 1.12 bits per heavy atom. The van der Waals surface area contributed by atoms with Crippen molar-refractivity contribution in [1.29, 1.82) is 0 Å². The van der Waals surface area contributed by atoms with Crippen molar-refractivity contribution in [1.82, 2.24) is 4.72 Å². The molecule has 12 heteroatoms. The highest BCUT2D eigenvalue weighted by Gasteiger charge is 2.34. The Hall–Kier alpha value is -2.47. The van der Waals surface area contributed by atoms with Crippen LogP contribution in [0.1, 0.15) is 0 Å². The van der Waals surface area contributed by atoms with E-state index in [0.29, 0.717) is 37.7 Å². The van der Waals surface area contributed by atoms with Crippen LogP contribution in [0.4, 0.5) is 25.0 Å². The summed E-state index contributed by atoms with van der Waals surface area (Å²) in [5.74, 6) is -1.14. The molecule has 1 amide bonds. The van der Waals surface area contributed by atoms with Gasteiger partial charge in [-0.05, 0) is 36.4 Å². The molecule has 2 aromatic rings. The van der Waals surface area contributed by atoms with Crippen LogP contribution in [-0.4, -0.2) is 60.0 Å². The number of amides is 1. The fourth-order valence-electron chi connectivity index (χ4n) is 3.54. The lowest BCUT2D eigenvalue weighted by molar-refractivity contribution is 0.122. The van der Waals surface area contributed by atoms with E-state index in [1.54, 1.807) is 12.1 Å². The van der Waals surface area contributed by atoms with Gasteiger partial charge in [-0.2, -0.15) is 0 Å². The molecule has 172 valence electrons. The number of anilines is 2. The van der Waals surface area contributed by atoms with Gasteiger partial charge in [0.05, 0.1) is 36.2 Å². The van der Waals surface area contributed by atoms with Gasteiger partial charge in [-0.1, -0.05) is 11.6 Å². The van der Waals surface area contributed by atoms with Gasteiger partial charge in [-0.15, -0.1) is 0 Å². The van der Waals surface area contributed by atoms with Gasteiger partial charge in [-0.3, -0.25) is 4.90 Å². The van der Waals surface area contributed by atoms with Crippen LogP contribution in [0.25, 0.3) is 0 Å². The molecule has 2 saturated heterocycles. The van der Waals surface area contributed by atoms with Crippen molar-refractivity contribution >= 4 is 39.1 Å². The predicted molar refractivity (Wildman–Crippen MR) is 114 cm³/mol. The first-order valence-corrected chi connectivity index (χ1v) is 11.7. The summed E-state index contributed by atoms with van der Waals surface area (Å²) in [6.45, 7) is 1.97. The second-order valence-electron chi connectivity index (χ2n) is 7.28. The molecule has 1 N–H and O–H groups in total. The number of nitrogens with zero attached hydrogens (tertiary/aromatic N) is 2. The maximum atomic E-state index is 14.7. The summed E-state index contributed by atoms with van der Waals surface area (Å²) in [5, 5.41) is -0.265. The van der Waals surface area contributed by atoms with E-state index in [-0.39, 0.29) is 23.0 Å². The second-order valence-corrected chi connectivity index (χ2v) is 9.42.